The second-order valence-corrected chi connectivity index (χ2v) is 2.94. The van der Waals surface area contributed by atoms with Gasteiger partial charge >= 0.3 is 6.03 Å². The first kappa shape index (κ1) is 10.3. The summed E-state index contributed by atoms with van der Waals surface area (Å²) in [5.74, 6) is 0. The molecule has 0 aliphatic rings. The van der Waals surface area contributed by atoms with Crippen molar-refractivity contribution in [2.75, 3.05) is 13.6 Å². The molecule has 0 radical (unpaired) electrons. The second-order valence-electron chi connectivity index (χ2n) is 2.94. The van der Waals surface area contributed by atoms with Crippen LogP contribution in [0.25, 0.3) is 0 Å². The van der Waals surface area contributed by atoms with E-state index in [4.69, 9.17) is 0 Å². The Kier molecular flexibility index (Phi) is 4.66. The lowest BCUT2D eigenvalue weighted by molar-refractivity contribution is 0.197. The highest BCUT2D eigenvalue weighted by atomic mass is 16.2. The van der Waals surface area contributed by atoms with Gasteiger partial charge in [-0.05, 0) is 20.3 Å². The van der Waals surface area contributed by atoms with E-state index in [1.54, 1.807) is 11.9 Å². The van der Waals surface area contributed by atoms with E-state index >= 15 is 0 Å². The highest BCUT2D eigenvalue weighted by Gasteiger charge is 2.09. The molecular weight excluding hydrogens is 140 g/mol. The van der Waals surface area contributed by atoms with Crippen LogP contribution in [0, 0.1) is 0 Å². The molecule has 0 aliphatic carbocycles. The maximum absolute atomic E-state index is 11.2. The van der Waals surface area contributed by atoms with Gasteiger partial charge in [-0.3, -0.25) is 0 Å². The van der Waals surface area contributed by atoms with Crippen LogP contribution in [0.5, 0.6) is 0 Å². The molecule has 11 heavy (non-hydrogen) atoms. The number of carbonyl (C=O) groups excluding carboxylic acids is 1. The van der Waals surface area contributed by atoms with Gasteiger partial charge in [-0.15, -0.1) is 0 Å². The molecule has 0 aromatic rings. The third-order valence-electron chi connectivity index (χ3n) is 1.62. The van der Waals surface area contributed by atoms with Gasteiger partial charge in [0.15, 0.2) is 0 Å². The fraction of sp³-hybridized carbons (Fsp3) is 0.875. The highest BCUT2D eigenvalue weighted by molar-refractivity contribution is 5.74. The molecule has 66 valence electrons. The molecule has 2 amide bonds. The SMILES string of the molecule is CCCNC(=O)N(C)C(C)C. The van der Waals surface area contributed by atoms with Crippen LogP contribution in [0.15, 0.2) is 0 Å². The number of amides is 2. The summed E-state index contributed by atoms with van der Waals surface area (Å²) in [6.07, 6.45) is 0.984. The number of nitrogens with one attached hydrogen (secondary N) is 1. The molecule has 0 saturated carbocycles. The summed E-state index contributed by atoms with van der Waals surface area (Å²) in [6.45, 7) is 6.78. The Balaban J connectivity index is 3.64. The average Bonchev–Trinajstić information content (AvgIpc) is 1.98. The predicted octanol–water partition coefficient (Wildman–Crippen LogP) is 1.45. The van der Waals surface area contributed by atoms with E-state index in [-0.39, 0.29) is 12.1 Å². The van der Waals surface area contributed by atoms with Crippen LogP contribution in [0.3, 0.4) is 0 Å². The maximum Gasteiger partial charge on any atom is 0.317 e. The monoisotopic (exact) mass is 158 g/mol. The molecule has 0 rings (SSSR count). The molecule has 0 atom stereocenters. The lowest BCUT2D eigenvalue weighted by Gasteiger charge is -2.21. The topological polar surface area (TPSA) is 32.3 Å². The maximum atomic E-state index is 11.2. The van der Waals surface area contributed by atoms with Crippen molar-refractivity contribution in [3.8, 4) is 0 Å². The zero-order chi connectivity index (χ0) is 8.85. The van der Waals surface area contributed by atoms with Crippen LogP contribution in [0.2, 0.25) is 0 Å². The first-order valence-electron chi connectivity index (χ1n) is 4.10. The number of hydrogen-bond acceptors (Lipinski definition) is 1. The molecular formula is C8H18N2O. The predicted molar refractivity (Wildman–Crippen MR) is 46.6 cm³/mol. The Labute approximate surface area is 68.8 Å². The summed E-state index contributed by atoms with van der Waals surface area (Å²) in [6, 6.07) is 0.286. The molecule has 0 fully saturated rings. The van der Waals surface area contributed by atoms with Crippen LogP contribution in [-0.2, 0) is 0 Å². The highest BCUT2D eigenvalue weighted by Crippen LogP contribution is 1.92. The average molecular weight is 158 g/mol. The lowest BCUT2D eigenvalue weighted by Crippen LogP contribution is -2.41. The van der Waals surface area contributed by atoms with Crippen LogP contribution in [-0.4, -0.2) is 30.6 Å². The van der Waals surface area contributed by atoms with Gasteiger partial charge in [0.1, 0.15) is 0 Å². The van der Waals surface area contributed by atoms with Gasteiger partial charge in [-0.25, -0.2) is 4.79 Å². The molecule has 1 N–H and O–H groups in total. The fourth-order valence-corrected chi connectivity index (χ4v) is 0.591. The quantitative estimate of drug-likeness (QED) is 0.662. The summed E-state index contributed by atoms with van der Waals surface area (Å²) in [5, 5.41) is 2.80. The van der Waals surface area contributed by atoms with Crippen molar-refractivity contribution in [1.29, 1.82) is 0 Å². The van der Waals surface area contributed by atoms with E-state index in [0.29, 0.717) is 0 Å². The van der Waals surface area contributed by atoms with E-state index in [1.165, 1.54) is 0 Å². The Bertz CT molecular complexity index is 123. The largest absolute Gasteiger partial charge is 0.338 e. The Hall–Kier alpha value is -0.730. The van der Waals surface area contributed by atoms with Gasteiger partial charge in [0.25, 0.3) is 0 Å². The van der Waals surface area contributed by atoms with Crippen molar-refractivity contribution in [1.82, 2.24) is 10.2 Å². The summed E-state index contributed by atoms with van der Waals surface area (Å²) >= 11 is 0. The molecule has 0 heterocycles. The molecule has 0 bridgehead atoms. The van der Waals surface area contributed by atoms with Crippen molar-refractivity contribution in [3.05, 3.63) is 0 Å². The van der Waals surface area contributed by atoms with E-state index in [2.05, 4.69) is 5.32 Å². The van der Waals surface area contributed by atoms with E-state index in [0.717, 1.165) is 13.0 Å². The third kappa shape index (κ3) is 3.86. The van der Waals surface area contributed by atoms with Crippen LogP contribution in [0.1, 0.15) is 27.2 Å². The normalized spacial score (nSPS) is 9.91. The number of rotatable bonds is 3. The summed E-state index contributed by atoms with van der Waals surface area (Å²) in [5.41, 5.74) is 0. The van der Waals surface area contributed by atoms with Crippen LogP contribution >= 0.6 is 0 Å². The van der Waals surface area contributed by atoms with Gasteiger partial charge in [-0.1, -0.05) is 6.92 Å². The van der Waals surface area contributed by atoms with Crippen molar-refractivity contribution in [2.45, 2.75) is 33.2 Å². The molecule has 0 aromatic heterocycles. The van der Waals surface area contributed by atoms with Gasteiger partial charge in [0, 0.05) is 19.6 Å². The number of carbonyl (C=O) groups is 1. The molecule has 0 aliphatic heterocycles. The minimum Gasteiger partial charge on any atom is -0.338 e. The number of urea groups is 1. The summed E-state index contributed by atoms with van der Waals surface area (Å²) in [4.78, 5) is 12.8. The van der Waals surface area contributed by atoms with E-state index in [1.807, 2.05) is 20.8 Å². The summed E-state index contributed by atoms with van der Waals surface area (Å²) in [7, 11) is 1.80. The minimum absolute atomic E-state index is 0.0156. The van der Waals surface area contributed by atoms with Crippen molar-refractivity contribution in [3.63, 3.8) is 0 Å². The molecule has 3 nitrogen and oxygen atoms in total. The Morgan fingerprint density at radius 1 is 1.55 bits per heavy atom. The zero-order valence-electron chi connectivity index (χ0n) is 7.85. The Morgan fingerprint density at radius 3 is 2.45 bits per heavy atom. The molecule has 0 spiro atoms. The Morgan fingerprint density at radius 2 is 2.09 bits per heavy atom. The van der Waals surface area contributed by atoms with Gasteiger partial charge in [-0.2, -0.15) is 0 Å². The van der Waals surface area contributed by atoms with E-state index in [9.17, 15) is 4.79 Å². The zero-order valence-corrected chi connectivity index (χ0v) is 7.85. The van der Waals surface area contributed by atoms with Gasteiger partial charge in [0.2, 0.25) is 0 Å². The third-order valence-corrected chi connectivity index (χ3v) is 1.62. The summed E-state index contributed by atoms with van der Waals surface area (Å²) < 4.78 is 0. The molecule has 0 aromatic carbocycles. The second kappa shape index (κ2) is 4.99. The van der Waals surface area contributed by atoms with Crippen molar-refractivity contribution < 1.29 is 4.79 Å². The molecule has 3 heteroatoms. The first-order valence-corrected chi connectivity index (χ1v) is 4.10. The fourth-order valence-electron chi connectivity index (χ4n) is 0.591. The van der Waals surface area contributed by atoms with Gasteiger partial charge < -0.3 is 10.2 Å². The first-order chi connectivity index (χ1) is 5.09. The standard InChI is InChI=1S/C8H18N2O/c1-5-6-9-8(11)10(4)7(2)3/h7H,5-6H2,1-4H3,(H,9,11). The lowest BCUT2D eigenvalue weighted by atomic mass is 10.3. The van der Waals surface area contributed by atoms with Crippen LogP contribution < -0.4 is 5.32 Å². The van der Waals surface area contributed by atoms with Crippen LogP contribution in [0.4, 0.5) is 4.79 Å². The number of hydrogen-bond donors (Lipinski definition) is 1. The van der Waals surface area contributed by atoms with Crippen molar-refractivity contribution in [2.24, 2.45) is 0 Å². The minimum atomic E-state index is 0.0156. The number of nitrogens with zero attached hydrogens (tertiary/aromatic N) is 1. The van der Waals surface area contributed by atoms with Gasteiger partial charge in [0.05, 0.1) is 0 Å². The smallest absolute Gasteiger partial charge is 0.317 e. The molecule has 0 saturated heterocycles. The van der Waals surface area contributed by atoms with Crippen molar-refractivity contribution >= 4 is 6.03 Å². The van der Waals surface area contributed by atoms with E-state index < -0.39 is 0 Å². The molecule has 0 unspecified atom stereocenters.